The van der Waals surface area contributed by atoms with Crippen molar-refractivity contribution in [2.24, 2.45) is 0 Å². The van der Waals surface area contributed by atoms with E-state index in [1.54, 1.807) is 7.11 Å². The summed E-state index contributed by atoms with van der Waals surface area (Å²) in [5.41, 5.74) is 3.13. The van der Waals surface area contributed by atoms with E-state index in [0.717, 1.165) is 32.7 Å². The van der Waals surface area contributed by atoms with Crippen molar-refractivity contribution in [3.05, 3.63) is 58.0 Å². The van der Waals surface area contributed by atoms with Crippen LogP contribution >= 0.6 is 15.9 Å². The molecule has 1 aromatic carbocycles. The van der Waals surface area contributed by atoms with Crippen molar-refractivity contribution in [1.29, 1.82) is 0 Å². The van der Waals surface area contributed by atoms with Crippen LogP contribution in [0.3, 0.4) is 0 Å². The molecular formula is C23H27BrN4O4. The molecule has 3 aromatic rings. The maximum Gasteiger partial charge on any atom is 0.407 e. The average Bonchev–Trinajstić information content (AvgIpc) is 3.01. The van der Waals surface area contributed by atoms with Crippen LogP contribution in [0.15, 0.2) is 41.1 Å². The number of ether oxygens (including phenoxy) is 3. The molecule has 1 aliphatic heterocycles. The summed E-state index contributed by atoms with van der Waals surface area (Å²) in [4.78, 5) is 16.5. The molecule has 1 atom stereocenters. The smallest absolute Gasteiger partial charge is 0.407 e. The zero-order valence-electron chi connectivity index (χ0n) is 18.6. The van der Waals surface area contributed by atoms with E-state index in [1.807, 2.05) is 61.8 Å². The number of aromatic nitrogens is 2. The van der Waals surface area contributed by atoms with E-state index < -0.39 is 11.7 Å². The SMILES string of the molecule is COc1cc(Br)cc2c1OCC(c1ccc3nc(CNC(=O)OC(C)(C)C)cn3c1)NC2. The number of hydrogen-bond donors (Lipinski definition) is 2. The monoisotopic (exact) mass is 502 g/mol. The minimum Gasteiger partial charge on any atom is -0.493 e. The van der Waals surface area contributed by atoms with Gasteiger partial charge in [-0.1, -0.05) is 22.0 Å². The fourth-order valence-electron chi connectivity index (χ4n) is 3.57. The maximum absolute atomic E-state index is 11.9. The van der Waals surface area contributed by atoms with Gasteiger partial charge in [-0.15, -0.1) is 0 Å². The number of carbonyl (C=O) groups is 1. The molecule has 0 saturated heterocycles. The van der Waals surface area contributed by atoms with Gasteiger partial charge in [0, 0.05) is 29.0 Å². The van der Waals surface area contributed by atoms with Crippen LogP contribution in [0.4, 0.5) is 4.79 Å². The fraction of sp³-hybridized carbons (Fsp3) is 0.391. The Labute approximate surface area is 195 Å². The largest absolute Gasteiger partial charge is 0.493 e. The first-order chi connectivity index (χ1) is 15.2. The highest BCUT2D eigenvalue weighted by atomic mass is 79.9. The number of pyridine rings is 1. The number of methoxy groups -OCH3 is 1. The molecule has 1 aliphatic rings. The Kier molecular flexibility index (Phi) is 6.30. The van der Waals surface area contributed by atoms with Crippen LogP contribution in [-0.2, 0) is 17.8 Å². The van der Waals surface area contributed by atoms with Gasteiger partial charge in [-0.25, -0.2) is 9.78 Å². The van der Waals surface area contributed by atoms with Gasteiger partial charge in [-0.3, -0.25) is 0 Å². The van der Waals surface area contributed by atoms with Crippen LogP contribution in [-0.4, -0.2) is 34.8 Å². The van der Waals surface area contributed by atoms with Gasteiger partial charge in [0.1, 0.15) is 17.9 Å². The van der Waals surface area contributed by atoms with Gasteiger partial charge in [0.2, 0.25) is 0 Å². The molecule has 0 saturated carbocycles. The first-order valence-corrected chi connectivity index (χ1v) is 11.2. The lowest BCUT2D eigenvalue weighted by atomic mass is 10.1. The second kappa shape index (κ2) is 8.99. The number of benzene rings is 1. The zero-order chi connectivity index (χ0) is 22.9. The minimum atomic E-state index is -0.536. The summed E-state index contributed by atoms with van der Waals surface area (Å²) < 4.78 is 19.8. The van der Waals surface area contributed by atoms with E-state index in [9.17, 15) is 4.79 Å². The van der Waals surface area contributed by atoms with E-state index in [0.29, 0.717) is 25.4 Å². The topological polar surface area (TPSA) is 86.1 Å². The summed E-state index contributed by atoms with van der Waals surface area (Å²) in [5.74, 6) is 1.48. The molecule has 0 bridgehead atoms. The van der Waals surface area contributed by atoms with Crippen molar-refractivity contribution >= 4 is 27.7 Å². The summed E-state index contributed by atoms with van der Waals surface area (Å²) in [7, 11) is 1.64. The quantitative estimate of drug-likeness (QED) is 0.551. The molecule has 32 heavy (non-hydrogen) atoms. The van der Waals surface area contributed by atoms with Crippen molar-refractivity contribution in [1.82, 2.24) is 20.0 Å². The third kappa shape index (κ3) is 5.16. The van der Waals surface area contributed by atoms with Crippen molar-refractivity contribution in [3.63, 3.8) is 0 Å². The second-order valence-electron chi connectivity index (χ2n) is 8.66. The highest BCUT2D eigenvalue weighted by Crippen LogP contribution is 2.37. The highest BCUT2D eigenvalue weighted by Gasteiger charge is 2.22. The van der Waals surface area contributed by atoms with Gasteiger partial charge >= 0.3 is 6.09 Å². The Balaban J connectivity index is 1.47. The van der Waals surface area contributed by atoms with E-state index in [4.69, 9.17) is 14.2 Å². The number of hydrogen-bond acceptors (Lipinski definition) is 6. The third-order valence-corrected chi connectivity index (χ3v) is 5.45. The average molecular weight is 503 g/mol. The number of halogens is 1. The van der Waals surface area contributed by atoms with Crippen molar-refractivity contribution in [3.8, 4) is 11.5 Å². The predicted molar refractivity (Wildman–Crippen MR) is 124 cm³/mol. The highest BCUT2D eigenvalue weighted by molar-refractivity contribution is 9.10. The molecule has 1 unspecified atom stereocenters. The summed E-state index contributed by atoms with van der Waals surface area (Å²) in [6.07, 6.45) is 3.48. The van der Waals surface area contributed by atoms with Gasteiger partial charge in [0.05, 0.1) is 25.4 Å². The fourth-order valence-corrected chi connectivity index (χ4v) is 4.06. The van der Waals surface area contributed by atoms with Crippen LogP contribution in [0, 0.1) is 0 Å². The molecule has 9 heteroatoms. The Morgan fingerprint density at radius 1 is 1.34 bits per heavy atom. The van der Waals surface area contributed by atoms with Crippen molar-refractivity contribution in [2.75, 3.05) is 13.7 Å². The third-order valence-electron chi connectivity index (χ3n) is 4.99. The summed E-state index contributed by atoms with van der Waals surface area (Å²) >= 11 is 3.53. The molecule has 2 N–H and O–H groups in total. The number of carbonyl (C=O) groups excluding carboxylic acids is 1. The number of imidazole rings is 1. The summed E-state index contributed by atoms with van der Waals surface area (Å²) in [6.45, 7) is 6.91. The molecule has 3 heterocycles. The van der Waals surface area contributed by atoms with Gasteiger partial charge in [-0.05, 0) is 44.5 Å². The van der Waals surface area contributed by atoms with E-state index in [1.165, 1.54) is 0 Å². The standard InChI is InChI=1S/C23H27BrN4O4/c1-23(2,3)32-22(29)26-10-17-12-28-11-14(5-6-20(28)27-17)18-13-31-21-15(9-25-18)7-16(24)8-19(21)30-4/h5-8,11-12,18,25H,9-10,13H2,1-4H3,(H,26,29). The van der Waals surface area contributed by atoms with Crippen LogP contribution in [0.1, 0.15) is 43.6 Å². The normalized spacial score (nSPS) is 16.1. The summed E-state index contributed by atoms with van der Waals surface area (Å²) in [6, 6.07) is 7.95. The first-order valence-electron chi connectivity index (χ1n) is 10.4. The van der Waals surface area contributed by atoms with Gasteiger partial charge in [0.15, 0.2) is 11.5 Å². The van der Waals surface area contributed by atoms with E-state index >= 15 is 0 Å². The molecular weight excluding hydrogens is 476 g/mol. The molecule has 170 valence electrons. The molecule has 4 rings (SSSR count). The second-order valence-corrected chi connectivity index (χ2v) is 9.57. The van der Waals surface area contributed by atoms with Crippen molar-refractivity contribution in [2.45, 2.75) is 45.5 Å². The first kappa shape index (κ1) is 22.4. The molecule has 0 aliphatic carbocycles. The molecule has 0 fully saturated rings. The lowest BCUT2D eigenvalue weighted by Crippen LogP contribution is -2.32. The van der Waals surface area contributed by atoms with Crippen LogP contribution in [0.25, 0.3) is 5.65 Å². The lowest BCUT2D eigenvalue weighted by Gasteiger charge is -2.19. The van der Waals surface area contributed by atoms with E-state index in [2.05, 4.69) is 31.5 Å². The Morgan fingerprint density at radius 2 is 2.16 bits per heavy atom. The number of nitrogens with zero attached hydrogens (tertiary/aromatic N) is 2. The molecule has 1 amide bonds. The number of alkyl carbamates (subject to hydrolysis) is 1. The van der Waals surface area contributed by atoms with Crippen LogP contribution in [0.5, 0.6) is 11.5 Å². The maximum atomic E-state index is 11.9. The molecule has 0 radical (unpaired) electrons. The van der Waals surface area contributed by atoms with Gasteiger partial charge in [-0.2, -0.15) is 0 Å². The Bertz CT molecular complexity index is 1140. The van der Waals surface area contributed by atoms with Crippen LogP contribution in [0.2, 0.25) is 0 Å². The number of fused-ring (bicyclic) bond motifs is 2. The van der Waals surface area contributed by atoms with Crippen LogP contribution < -0.4 is 20.1 Å². The number of nitrogens with one attached hydrogen (secondary N) is 2. The molecule has 2 aromatic heterocycles. The number of rotatable bonds is 4. The van der Waals surface area contributed by atoms with Crippen molar-refractivity contribution < 1.29 is 19.0 Å². The lowest BCUT2D eigenvalue weighted by molar-refractivity contribution is 0.0523. The predicted octanol–water partition coefficient (Wildman–Crippen LogP) is 4.35. The molecule has 0 spiro atoms. The van der Waals surface area contributed by atoms with E-state index in [-0.39, 0.29) is 6.04 Å². The Morgan fingerprint density at radius 3 is 2.91 bits per heavy atom. The number of amides is 1. The van der Waals surface area contributed by atoms with Gasteiger partial charge < -0.3 is 29.2 Å². The zero-order valence-corrected chi connectivity index (χ0v) is 20.2. The minimum absolute atomic E-state index is 0.000944. The summed E-state index contributed by atoms with van der Waals surface area (Å²) in [5, 5.41) is 6.30. The Hall–Kier alpha value is -2.78. The molecule has 8 nitrogen and oxygen atoms in total. The van der Waals surface area contributed by atoms with Gasteiger partial charge in [0.25, 0.3) is 0 Å².